The van der Waals surface area contributed by atoms with Gasteiger partial charge in [0.2, 0.25) is 0 Å². The maximum Gasteiger partial charge on any atom is 0.148 e. The van der Waals surface area contributed by atoms with Crippen molar-refractivity contribution in [3.05, 3.63) is 38.7 Å². The van der Waals surface area contributed by atoms with Gasteiger partial charge in [-0.05, 0) is 28.1 Å². The Morgan fingerprint density at radius 3 is 2.83 bits per heavy atom. The van der Waals surface area contributed by atoms with Crippen molar-refractivity contribution in [2.45, 2.75) is 6.54 Å². The molecule has 0 bridgehead atoms. The molecular weight excluding hydrogens is 319 g/mol. The molecule has 6 heteroatoms. The number of ether oxygens (including phenoxy) is 1. The summed E-state index contributed by atoms with van der Waals surface area (Å²) >= 11 is 4.99. The lowest BCUT2D eigenvalue weighted by Gasteiger charge is -2.10. The highest BCUT2D eigenvalue weighted by Crippen LogP contribution is 2.29. The summed E-state index contributed by atoms with van der Waals surface area (Å²) in [6.45, 7) is 0.556. The summed E-state index contributed by atoms with van der Waals surface area (Å²) < 4.78 is 19.8. The third kappa shape index (κ3) is 2.94. The Hall–Kier alpha value is -1.27. The molecule has 96 valence electrons. The Balaban J connectivity index is 2.13. The largest absolute Gasteiger partial charge is 0.495 e. The number of benzene rings is 1. The summed E-state index contributed by atoms with van der Waals surface area (Å²) in [5.74, 6) is 0.0789. The van der Waals surface area contributed by atoms with Crippen LogP contribution in [0.25, 0.3) is 0 Å². The monoisotopic (exact) mass is 330 g/mol. The predicted molar refractivity (Wildman–Crippen MR) is 76.7 cm³/mol. The van der Waals surface area contributed by atoms with E-state index in [1.54, 1.807) is 17.4 Å². The van der Waals surface area contributed by atoms with Crippen LogP contribution >= 0.6 is 27.3 Å². The predicted octanol–water partition coefficient (Wildman–Crippen LogP) is 3.85. The van der Waals surface area contributed by atoms with Crippen LogP contribution in [0.4, 0.5) is 15.8 Å². The van der Waals surface area contributed by atoms with Crippen molar-refractivity contribution in [3.63, 3.8) is 0 Å². The van der Waals surface area contributed by atoms with Gasteiger partial charge in [-0.1, -0.05) is 0 Å². The van der Waals surface area contributed by atoms with Gasteiger partial charge in [-0.2, -0.15) is 0 Å². The van der Waals surface area contributed by atoms with Gasteiger partial charge in [0.15, 0.2) is 0 Å². The van der Waals surface area contributed by atoms with Crippen molar-refractivity contribution >= 4 is 38.6 Å². The zero-order valence-corrected chi connectivity index (χ0v) is 12.1. The number of anilines is 2. The van der Waals surface area contributed by atoms with Crippen LogP contribution in [0, 0.1) is 5.82 Å². The first kappa shape index (κ1) is 13.2. The molecule has 0 unspecified atom stereocenters. The molecular formula is C12H12BrFN2OS. The third-order valence-electron chi connectivity index (χ3n) is 2.40. The minimum atomic E-state index is -0.385. The Labute approximate surface area is 117 Å². The Morgan fingerprint density at radius 1 is 1.44 bits per heavy atom. The maximum atomic E-state index is 13.7. The molecule has 0 aliphatic carbocycles. The highest BCUT2D eigenvalue weighted by molar-refractivity contribution is 9.11. The van der Waals surface area contributed by atoms with Crippen LogP contribution in [0.1, 0.15) is 4.88 Å². The number of halogens is 2. The zero-order chi connectivity index (χ0) is 13.1. The number of nitrogens with one attached hydrogen (secondary N) is 1. The SMILES string of the molecule is COc1cc(NCc2ccc(Br)s2)c(F)cc1N. The smallest absolute Gasteiger partial charge is 0.148 e. The molecule has 0 spiro atoms. The molecule has 0 saturated heterocycles. The van der Waals surface area contributed by atoms with Crippen molar-refractivity contribution in [3.8, 4) is 5.75 Å². The van der Waals surface area contributed by atoms with E-state index in [1.165, 1.54) is 13.2 Å². The summed E-state index contributed by atoms with van der Waals surface area (Å²) in [5, 5.41) is 3.02. The summed E-state index contributed by atoms with van der Waals surface area (Å²) in [4.78, 5) is 1.11. The second-order valence-electron chi connectivity index (χ2n) is 3.63. The van der Waals surface area contributed by atoms with Crippen molar-refractivity contribution in [1.29, 1.82) is 0 Å². The van der Waals surface area contributed by atoms with Crippen molar-refractivity contribution in [2.24, 2.45) is 0 Å². The minimum absolute atomic E-state index is 0.291. The molecule has 0 amide bonds. The Kier molecular flexibility index (Phi) is 4.08. The normalized spacial score (nSPS) is 10.4. The van der Waals surface area contributed by atoms with E-state index < -0.39 is 0 Å². The van der Waals surface area contributed by atoms with E-state index in [-0.39, 0.29) is 5.82 Å². The van der Waals surface area contributed by atoms with E-state index >= 15 is 0 Å². The lowest BCUT2D eigenvalue weighted by Crippen LogP contribution is -2.02. The number of rotatable bonds is 4. The van der Waals surface area contributed by atoms with Gasteiger partial charge in [-0.15, -0.1) is 11.3 Å². The average Bonchev–Trinajstić information content (AvgIpc) is 2.74. The van der Waals surface area contributed by atoms with Gasteiger partial charge in [0.25, 0.3) is 0 Å². The van der Waals surface area contributed by atoms with E-state index in [1.807, 2.05) is 12.1 Å². The number of nitrogens with two attached hydrogens (primary N) is 1. The first-order chi connectivity index (χ1) is 8.60. The van der Waals surface area contributed by atoms with Gasteiger partial charge in [0, 0.05) is 23.6 Å². The second-order valence-corrected chi connectivity index (χ2v) is 6.18. The molecule has 0 aliphatic heterocycles. The van der Waals surface area contributed by atoms with Gasteiger partial charge in [0.05, 0.1) is 22.3 Å². The van der Waals surface area contributed by atoms with E-state index in [9.17, 15) is 4.39 Å². The number of nitrogen functional groups attached to an aromatic ring is 1. The maximum absolute atomic E-state index is 13.7. The van der Waals surface area contributed by atoms with Gasteiger partial charge in [-0.25, -0.2) is 4.39 Å². The van der Waals surface area contributed by atoms with Crippen LogP contribution in [0.15, 0.2) is 28.1 Å². The molecule has 1 heterocycles. The number of hydrogen-bond donors (Lipinski definition) is 2. The number of methoxy groups -OCH3 is 1. The van der Waals surface area contributed by atoms with Gasteiger partial charge in [-0.3, -0.25) is 0 Å². The summed E-state index contributed by atoms with van der Waals surface area (Å²) in [7, 11) is 1.50. The average molecular weight is 331 g/mol. The van der Waals surface area contributed by atoms with Crippen molar-refractivity contribution < 1.29 is 9.13 Å². The third-order valence-corrected chi connectivity index (χ3v) is 4.02. The van der Waals surface area contributed by atoms with Crippen LogP contribution in [0.2, 0.25) is 0 Å². The van der Waals surface area contributed by atoms with Crippen molar-refractivity contribution in [1.82, 2.24) is 0 Å². The molecule has 2 aromatic rings. The molecule has 3 nitrogen and oxygen atoms in total. The van der Waals surface area contributed by atoms with Gasteiger partial charge >= 0.3 is 0 Å². The molecule has 0 aliphatic rings. The Morgan fingerprint density at radius 2 is 2.22 bits per heavy atom. The highest BCUT2D eigenvalue weighted by Gasteiger charge is 2.08. The van der Waals surface area contributed by atoms with Gasteiger partial charge in [0.1, 0.15) is 11.6 Å². The summed E-state index contributed by atoms with van der Waals surface area (Å²) in [6.07, 6.45) is 0. The Bertz CT molecular complexity index is 559. The highest BCUT2D eigenvalue weighted by atomic mass is 79.9. The fraction of sp³-hybridized carbons (Fsp3) is 0.167. The van der Waals surface area contributed by atoms with E-state index in [2.05, 4.69) is 21.2 Å². The van der Waals surface area contributed by atoms with Crippen molar-refractivity contribution in [2.75, 3.05) is 18.2 Å². The fourth-order valence-electron chi connectivity index (χ4n) is 1.51. The first-order valence-electron chi connectivity index (χ1n) is 5.21. The van der Waals surface area contributed by atoms with Crippen LogP contribution in [-0.4, -0.2) is 7.11 Å². The van der Waals surface area contributed by atoms with E-state index in [0.29, 0.717) is 23.7 Å². The number of thiophene rings is 1. The molecule has 1 aromatic carbocycles. The van der Waals surface area contributed by atoms with Crippen LogP contribution in [0.5, 0.6) is 5.75 Å². The quantitative estimate of drug-likeness (QED) is 0.837. The lowest BCUT2D eigenvalue weighted by molar-refractivity contribution is 0.416. The van der Waals surface area contributed by atoms with Crippen LogP contribution < -0.4 is 15.8 Å². The molecule has 0 fully saturated rings. The summed E-state index contributed by atoms with van der Waals surface area (Å²) in [6, 6.07) is 6.76. The van der Waals surface area contributed by atoms with Gasteiger partial charge < -0.3 is 15.8 Å². The molecule has 3 N–H and O–H groups in total. The van der Waals surface area contributed by atoms with Crippen LogP contribution in [0.3, 0.4) is 0 Å². The zero-order valence-electron chi connectivity index (χ0n) is 9.67. The minimum Gasteiger partial charge on any atom is -0.495 e. The first-order valence-corrected chi connectivity index (χ1v) is 6.82. The topological polar surface area (TPSA) is 47.3 Å². The van der Waals surface area contributed by atoms with Crippen LogP contribution in [-0.2, 0) is 6.54 Å². The molecule has 2 rings (SSSR count). The summed E-state index contributed by atoms with van der Waals surface area (Å²) in [5.41, 5.74) is 6.29. The molecule has 18 heavy (non-hydrogen) atoms. The molecule has 0 radical (unpaired) electrons. The molecule has 1 aromatic heterocycles. The number of hydrogen-bond acceptors (Lipinski definition) is 4. The van der Waals surface area contributed by atoms with E-state index in [4.69, 9.17) is 10.5 Å². The standard InChI is InChI=1S/C12H12BrFN2OS/c1-17-11-5-10(8(14)4-9(11)15)16-6-7-2-3-12(13)18-7/h2-5,16H,6,15H2,1H3. The molecule has 0 atom stereocenters. The molecule has 0 saturated carbocycles. The lowest BCUT2D eigenvalue weighted by atomic mass is 10.2. The fourth-order valence-corrected chi connectivity index (χ4v) is 2.93. The second kappa shape index (κ2) is 5.58. The van der Waals surface area contributed by atoms with E-state index in [0.717, 1.165) is 8.66 Å².